The molecule has 2 amide bonds. The Hall–Kier alpha value is -4.91. The number of fused-ring (bicyclic) bond motifs is 1. The van der Waals surface area contributed by atoms with Gasteiger partial charge in [0.15, 0.2) is 16.9 Å². The summed E-state index contributed by atoms with van der Waals surface area (Å²) in [6, 6.07) is 5.35. The van der Waals surface area contributed by atoms with E-state index in [0.29, 0.717) is 24.6 Å². The normalized spacial score (nSPS) is 11.4. The number of carbonyl (C=O) groups excluding carboxylic acids is 3. The van der Waals surface area contributed by atoms with Gasteiger partial charge in [-0.3, -0.25) is 24.2 Å². The lowest BCUT2D eigenvalue weighted by Crippen LogP contribution is -2.43. The summed E-state index contributed by atoms with van der Waals surface area (Å²) in [5.41, 5.74) is 6.62. The third-order valence-electron chi connectivity index (χ3n) is 5.74. The summed E-state index contributed by atoms with van der Waals surface area (Å²) >= 11 is 0. The second kappa shape index (κ2) is 16.4. The van der Waals surface area contributed by atoms with Crippen LogP contribution in [-0.2, 0) is 25.6 Å². The van der Waals surface area contributed by atoms with E-state index in [1.165, 1.54) is 6.20 Å². The first-order valence-electron chi connectivity index (χ1n) is 13.0. The van der Waals surface area contributed by atoms with Crippen molar-refractivity contribution in [3.8, 4) is 12.3 Å². The van der Waals surface area contributed by atoms with Crippen molar-refractivity contribution in [1.29, 1.82) is 0 Å². The number of aliphatic hydroxyl groups excluding tert-OH is 1. The van der Waals surface area contributed by atoms with E-state index in [0.717, 1.165) is 0 Å². The number of benzene rings is 1. The summed E-state index contributed by atoms with van der Waals surface area (Å²) in [5, 5.41) is 17.7. The first-order valence-corrected chi connectivity index (χ1v) is 13.0. The van der Waals surface area contributed by atoms with Crippen LogP contribution in [0.1, 0.15) is 28.9 Å². The summed E-state index contributed by atoms with van der Waals surface area (Å²) in [7, 11) is 0. The molecule has 0 unspecified atom stereocenters. The van der Waals surface area contributed by atoms with E-state index < -0.39 is 29.9 Å². The molecule has 0 aliphatic carbocycles. The molecule has 15 heteroatoms. The maximum absolute atomic E-state index is 12.8. The second-order valence-electron chi connectivity index (χ2n) is 8.82. The fourth-order valence-electron chi connectivity index (χ4n) is 3.63. The number of nitrogens with two attached hydrogens (primary N) is 1. The molecule has 1 atom stereocenters. The van der Waals surface area contributed by atoms with Crippen LogP contribution in [0.25, 0.3) is 11.2 Å². The van der Waals surface area contributed by atoms with Crippen LogP contribution in [0.4, 0.5) is 11.6 Å². The highest BCUT2D eigenvalue weighted by Gasteiger charge is 2.21. The predicted octanol–water partition coefficient (Wildman–Crippen LogP) is -0.870. The fraction of sp³-hybridized carbons (Fsp3) is 0.370. The molecule has 0 saturated heterocycles. The quantitative estimate of drug-likeness (QED) is 0.0847. The molecule has 0 aliphatic heterocycles. The van der Waals surface area contributed by atoms with Gasteiger partial charge in [0, 0.05) is 24.2 Å². The lowest BCUT2D eigenvalue weighted by Gasteiger charge is -2.17. The molecule has 2 aromatic heterocycles. The van der Waals surface area contributed by atoms with Crippen LogP contribution in [0.5, 0.6) is 0 Å². The number of ketones is 1. The van der Waals surface area contributed by atoms with Crippen molar-refractivity contribution < 1.29 is 29.0 Å². The number of terminal acetylenes is 1. The van der Waals surface area contributed by atoms with E-state index in [1.54, 1.807) is 24.3 Å². The van der Waals surface area contributed by atoms with E-state index in [4.69, 9.17) is 21.6 Å². The van der Waals surface area contributed by atoms with Crippen molar-refractivity contribution in [2.75, 3.05) is 50.6 Å². The van der Waals surface area contributed by atoms with Crippen LogP contribution in [0.3, 0.4) is 0 Å². The van der Waals surface area contributed by atoms with E-state index in [1.807, 2.05) is 0 Å². The average molecular weight is 581 g/mol. The van der Waals surface area contributed by atoms with Gasteiger partial charge < -0.3 is 36.3 Å². The third-order valence-corrected chi connectivity index (χ3v) is 5.74. The molecule has 0 aliphatic rings. The summed E-state index contributed by atoms with van der Waals surface area (Å²) < 4.78 is 10.4. The Morgan fingerprint density at radius 2 is 1.88 bits per heavy atom. The number of ether oxygens (including phenoxy) is 2. The fourth-order valence-corrected chi connectivity index (χ4v) is 3.63. The van der Waals surface area contributed by atoms with Gasteiger partial charge in [0.25, 0.3) is 11.5 Å². The van der Waals surface area contributed by atoms with Gasteiger partial charge in [0.05, 0.1) is 44.3 Å². The van der Waals surface area contributed by atoms with Gasteiger partial charge in [0.1, 0.15) is 13.2 Å². The van der Waals surface area contributed by atoms with Gasteiger partial charge >= 0.3 is 0 Å². The van der Waals surface area contributed by atoms with Crippen molar-refractivity contribution in [1.82, 2.24) is 30.6 Å². The number of nitrogens with one attached hydrogen (secondary N) is 4. The number of nitrogens with zero attached hydrogens (tertiary/aromatic N) is 3. The van der Waals surface area contributed by atoms with E-state index in [9.17, 15) is 24.3 Å². The first-order chi connectivity index (χ1) is 20.3. The number of amides is 2. The van der Waals surface area contributed by atoms with Crippen molar-refractivity contribution in [2.45, 2.75) is 25.4 Å². The van der Waals surface area contributed by atoms with Crippen LogP contribution < -0.4 is 27.2 Å². The Balaban J connectivity index is 1.46. The Morgan fingerprint density at radius 3 is 2.62 bits per heavy atom. The number of Topliss-reactive ketones (excluding diaryl/α,β-unsaturated/α-hetero) is 1. The van der Waals surface area contributed by atoms with Crippen molar-refractivity contribution in [3.63, 3.8) is 0 Å². The zero-order valence-electron chi connectivity index (χ0n) is 22.7. The molecule has 0 spiro atoms. The van der Waals surface area contributed by atoms with Crippen LogP contribution in [0, 0.1) is 12.3 Å². The van der Waals surface area contributed by atoms with E-state index in [-0.39, 0.29) is 67.7 Å². The number of aromatic nitrogens is 4. The van der Waals surface area contributed by atoms with Gasteiger partial charge in [-0.2, -0.15) is 4.98 Å². The molecule has 0 bridgehead atoms. The highest BCUT2D eigenvalue weighted by molar-refractivity contribution is 5.98. The lowest BCUT2D eigenvalue weighted by molar-refractivity contribution is -0.124. The largest absolute Gasteiger partial charge is 0.389 e. The maximum atomic E-state index is 12.8. The maximum Gasteiger partial charge on any atom is 0.280 e. The molecule has 0 radical (unpaired) electrons. The molecule has 42 heavy (non-hydrogen) atoms. The smallest absolute Gasteiger partial charge is 0.280 e. The molecule has 15 nitrogen and oxygen atoms in total. The van der Waals surface area contributed by atoms with Gasteiger partial charge in [-0.1, -0.05) is 5.92 Å². The summed E-state index contributed by atoms with van der Waals surface area (Å²) in [6.45, 7) is 0.879. The monoisotopic (exact) mass is 580 g/mol. The molecule has 1 aromatic carbocycles. The SMILES string of the molecule is C#CCOCCOCCNC(=O)CC[C@H](NC(=O)c1ccc(NCc2cnc3nc(N)[nH]c(=O)c3n2)cc1)C(=O)CO. The summed E-state index contributed by atoms with van der Waals surface area (Å²) in [4.78, 5) is 63.8. The molecule has 7 N–H and O–H groups in total. The van der Waals surface area contributed by atoms with Crippen molar-refractivity contribution >= 4 is 40.4 Å². The van der Waals surface area contributed by atoms with Crippen LogP contribution in [0.2, 0.25) is 0 Å². The molecule has 0 fully saturated rings. The van der Waals surface area contributed by atoms with E-state index in [2.05, 4.69) is 41.8 Å². The van der Waals surface area contributed by atoms with Crippen LogP contribution in [0.15, 0.2) is 35.3 Å². The third kappa shape index (κ3) is 9.93. The summed E-state index contributed by atoms with van der Waals surface area (Å²) in [6.07, 6.45) is 6.50. The topological polar surface area (TPSA) is 224 Å². The molecular weight excluding hydrogens is 548 g/mol. The highest BCUT2D eigenvalue weighted by atomic mass is 16.5. The minimum absolute atomic E-state index is 0.00906. The number of aromatic amines is 1. The van der Waals surface area contributed by atoms with Gasteiger partial charge in [-0.25, -0.2) is 9.97 Å². The predicted molar refractivity (Wildman–Crippen MR) is 152 cm³/mol. The molecule has 0 saturated carbocycles. The van der Waals surface area contributed by atoms with Crippen molar-refractivity contribution in [2.24, 2.45) is 0 Å². The number of aliphatic hydroxyl groups is 1. The van der Waals surface area contributed by atoms with Gasteiger partial charge in [0.2, 0.25) is 11.9 Å². The number of carbonyl (C=O) groups is 3. The Morgan fingerprint density at radius 1 is 1.12 bits per heavy atom. The zero-order valence-corrected chi connectivity index (χ0v) is 22.7. The van der Waals surface area contributed by atoms with Crippen LogP contribution in [-0.4, -0.2) is 88.3 Å². The summed E-state index contributed by atoms with van der Waals surface area (Å²) in [5.74, 6) is 0.806. The Labute approximate surface area is 240 Å². The average Bonchev–Trinajstić information content (AvgIpc) is 2.99. The Bertz CT molecular complexity index is 1470. The Kier molecular flexibility index (Phi) is 12.3. The minimum Gasteiger partial charge on any atom is -0.389 e. The first kappa shape index (κ1) is 31.6. The van der Waals surface area contributed by atoms with Gasteiger partial charge in [-0.05, 0) is 30.7 Å². The number of H-pyrrole nitrogens is 1. The standard InChI is InChI=1S/C27H32N8O7/c1-2-10-41-12-13-42-11-9-29-22(38)8-7-20(21(37)16-36)33-25(39)17-3-5-18(6-4-17)30-14-19-15-31-24-23(32-19)26(40)35-27(28)34-24/h1,3-6,15,20,30,36H,7-14,16H2,(H,29,38)(H,33,39)(H3,28,31,34,35,40)/t20-/m0/s1. The molecular formula is C27H32N8O7. The lowest BCUT2D eigenvalue weighted by atomic mass is 10.1. The number of hydrogen-bond donors (Lipinski definition) is 6. The number of hydrogen-bond acceptors (Lipinski definition) is 12. The van der Waals surface area contributed by atoms with Crippen molar-refractivity contribution in [3.05, 3.63) is 52.1 Å². The number of anilines is 2. The molecule has 222 valence electrons. The molecule has 3 rings (SSSR count). The highest BCUT2D eigenvalue weighted by Crippen LogP contribution is 2.12. The minimum atomic E-state index is -1.05. The van der Waals surface area contributed by atoms with E-state index >= 15 is 0 Å². The molecule has 2 heterocycles. The number of rotatable bonds is 17. The van der Waals surface area contributed by atoms with Crippen LogP contribution >= 0.6 is 0 Å². The number of nitrogen functional groups attached to an aromatic ring is 1. The van der Waals surface area contributed by atoms with Gasteiger partial charge in [-0.15, -0.1) is 6.42 Å². The second-order valence-corrected chi connectivity index (χ2v) is 8.82. The zero-order chi connectivity index (χ0) is 30.3. The molecule has 3 aromatic rings.